The highest BCUT2D eigenvalue weighted by atomic mass is 19.1. The summed E-state index contributed by atoms with van der Waals surface area (Å²) in [6.45, 7) is 0. The number of halogens is 1. The summed E-state index contributed by atoms with van der Waals surface area (Å²) in [5, 5.41) is 11.1. The molecule has 7 nitrogen and oxygen atoms in total. The lowest BCUT2D eigenvalue weighted by Gasteiger charge is -2.13. The predicted molar refractivity (Wildman–Crippen MR) is 61.5 cm³/mol. The molecule has 0 saturated heterocycles. The maximum Gasteiger partial charge on any atom is 0.326 e. The molecule has 4 N–H and O–H groups in total. The Hall–Kier alpha value is -2.51. The van der Waals surface area contributed by atoms with Crippen molar-refractivity contribution in [3.05, 3.63) is 29.8 Å². The van der Waals surface area contributed by atoms with Crippen LogP contribution in [0.25, 0.3) is 0 Å². The summed E-state index contributed by atoms with van der Waals surface area (Å²) in [5.41, 5.74) is 4.84. The van der Waals surface area contributed by atoms with Crippen molar-refractivity contribution in [2.75, 3.05) is 0 Å². The molecule has 0 unspecified atom stereocenters. The monoisotopic (exact) mass is 269 g/mol. The Morgan fingerprint density at radius 1 is 1.47 bits per heavy atom. The van der Waals surface area contributed by atoms with Crippen LogP contribution in [0.3, 0.4) is 0 Å². The summed E-state index contributed by atoms with van der Waals surface area (Å²) in [6.07, 6.45) is 0.773. The van der Waals surface area contributed by atoms with Gasteiger partial charge in [0.2, 0.25) is 11.9 Å². The van der Waals surface area contributed by atoms with Crippen molar-refractivity contribution in [3.63, 3.8) is 0 Å². The smallest absolute Gasteiger partial charge is 0.326 e. The quantitative estimate of drug-likeness (QED) is 0.610. The molecule has 1 heterocycles. The average molecular weight is 269 g/mol. The van der Waals surface area contributed by atoms with Gasteiger partial charge in [0.15, 0.2) is 0 Å². The van der Waals surface area contributed by atoms with Gasteiger partial charge in [0.1, 0.15) is 6.04 Å². The van der Waals surface area contributed by atoms with Crippen molar-refractivity contribution in [2.45, 2.75) is 18.9 Å². The number of carbonyl (C=O) groups is 3. The van der Waals surface area contributed by atoms with E-state index in [1.807, 2.05) is 0 Å². The van der Waals surface area contributed by atoms with Gasteiger partial charge < -0.3 is 16.2 Å². The number of hydrogen-bond donors (Lipinski definition) is 3. The molecule has 19 heavy (non-hydrogen) atoms. The van der Waals surface area contributed by atoms with E-state index in [1.165, 1.54) is 6.07 Å². The van der Waals surface area contributed by atoms with Gasteiger partial charge in [0, 0.05) is 24.2 Å². The zero-order valence-corrected chi connectivity index (χ0v) is 9.80. The van der Waals surface area contributed by atoms with Crippen LogP contribution in [0.4, 0.5) is 4.39 Å². The number of rotatable bonds is 6. The van der Waals surface area contributed by atoms with Gasteiger partial charge in [-0.25, -0.2) is 9.78 Å². The van der Waals surface area contributed by atoms with Crippen molar-refractivity contribution in [2.24, 2.45) is 5.73 Å². The number of aliphatic carboxylic acids is 1. The third kappa shape index (κ3) is 4.70. The number of primary amides is 1. The minimum atomic E-state index is -1.30. The van der Waals surface area contributed by atoms with Gasteiger partial charge in [0.05, 0.1) is 0 Å². The number of carbonyl (C=O) groups excluding carboxylic acids is 2. The molecule has 2 amide bonds. The Morgan fingerprint density at radius 2 is 2.16 bits per heavy atom. The molecule has 0 bridgehead atoms. The molecule has 0 radical (unpaired) electrons. The van der Waals surface area contributed by atoms with E-state index in [-0.39, 0.29) is 18.4 Å². The van der Waals surface area contributed by atoms with Crippen LogP contribution in [0, 0.1) is 5.95 Å². The molecule has 0 fully saturated rings. The summed E-state index contributed by atoms with van der Waals surface area (Å²) in [7, 11) is 0. The second-order valence-corrected chi connectivity index (χ2v) is 3.74. The average Bonchev–Trinajstić information content (AvgIpc) is 2.33. The summed E-state index contributed by atoms with van der Waals surface area (Å²) < 4.78 is 12.8. The van der Waals surface area contributed by atoms with Crippen molar-refractivity contribution >= 4 is 17.8 Å². The summed E-state index contributed by atoms with van der Waals surface area (Å²) >= 11 is 0. The largest absolute Gasteiger partial charge is 0.480 e. The Balaban J connectivity index is 2.71. The lowest BCUT2D eigenvalue weighted by Crippen LogP contribution is -2.41. The van der Waals surface area contributed by atoms with E-state index in [0.717, 1.165) is 12.3 Å². The van der Waals surface area contributed by atoms with Crippen LogP contribution >= 0.6 is 0 Å². The first kappa shape index (κ1) is 14.6. The van der Waals surface area contributed by atoms with Gasteiger partial charge in [0.25, 0.3) is 5.91 Å². The van der Waals surface area contributed by atoms with Gasteiger partial charge in [-0.15, -0.1) is 0 Å². The molecule has 0 spiro atoms. The van der Waals surface area contributed by atoms with Crippen LogP contribution in [0.15, 0.2) is 18.3 Å². The van der Waals surface area contributed by atoms with Gasteiger partial charge in [-0.3, -0.25) is 9.59 Å². The molecule has 102 valence electrons. The number of carboxylic acids is 1. The number of nitrogens with two attached hydrogens (primary N) is 1. The zero-order valence-electron chi connectivity index (χ0n) is 9.80. The number of carboxylic acid groups (broad SMARTS) is 1. The van der Waals surface area contributed by atoms with Crippen LogP contribution in [-0.2, 0) is 9.59 Å². The molecule has 1 aromatic rings. The Labute approximate surface area is 107 Å². The van der Waals surface area contributed by atoms with Crippen molar-refractivity contribution in [1.82, 2.24) is 10.3 Å². The highest BCUT2D eigenvalue weighted by Crippen LogP contribution is 2.03. The topological polar surface area (TPSA) is 122 Å². The lowest BCUT2D eigenvalue weighted by molar-refractivity contribution is -0.139. The van der Waals surface area contributed by atoms with E-state index in [2.05, 4.69) is 10.3 Å². The minimum Gasteiger partial charge on any atom is -0.480 e. The van der Waals surface area contributed by atoms with Crippen molar-refractivity contribution < 1.29 is 23.9 Å². The molecule has 1 atom stereocenters. The van der Waals surface area contributed by atoms with Crippen LogP contribution in [0.2, 0.25) is 0 Å². The Morgan fingerprint density at radius 3 is 2.68 bits per heavy atom. The van der Waals surface area contributed by atoms with Gasteiger partial charge in [-0.2, -0.15) is 4.39 Å². The van der Waals surface area contributed by atoms with E-state index in [4.69, 9.17) is 10.8 Å². The third-order valence-electron chi connectivity index (χ3n) is 2.27. The van der Waals surface area contributed by atoms with Gasteiger partial charge in [-0.1, -0.05) is 0 Å². The summed E-state index contributed by atoms with van der Waals surface area (Å²) in [4.78, 5) is 36.4. The molecular weight excluding hydrogens is 257 g/mol. The Kier molecular flexibility index (Phi) is 4.92. The standard InChI is InChI=1S/C11H12FN3O4/c12-8-5-6(3-4-14-8)10(17)15-7(11(18)19)1-2-9(13)16/h3-5,7H,1-2H2,(H2,13,16)(H,15,17)(H,18,19)/t7-/m0/s1. The van der Waals surface area contributed by atoms with Crippen LogP contribution in [-0.4, -0.2) is 33.9 Å². The molecule has 1 aromatic heterocycles. The summed E-state index contributed by atoms with van der Waals surface area (Å²) in [6, 6.07) is 0.851. The van der Waals surface area contributed by atoms with Gasteiger partial charge in [-0.05, 0) is 12.5 Å². The normalized spacial score (nSPS) is 11.6. The number of pyridine rings is 1. The predicted octanol–water partition coefficient (Wildman–Crippen LogP) is -0.331. The van der Waals surface area contributed by atoms with E-state index >= 15 is 0 Å². The molecular formula is C11H12FN3O4. The molecule has 0 aliphatic rings. The van der Waals surface area contributed by atoms with Crippen LogP contribution in [0.1, 0.15) is 23.2 Å². The first-order valence-corrected chi connectivity index (χ1v) is 5.33. The lowest BCUT2D eigenvalue weighted by atomic mass is 10.1. The Bertz CT molecular complexity index is 506. The van der Waals surface area contributed by atoms with Crippen molar-refractivity contribution in [1.29, 1.82) is 0 Å². The molecule has 0 aromatic carbocycles. The van der Waals surface area contributed by atoms with E-state index in [0.29, 0.717) is 0 Å². The van der Waals surface area contributed by atoms with E-state index in [1.54, 1.807) is 0 Å². The molecule has 0 saturated carbocycles. The number of hydrogen-bond acceptors (Lipinski definition) is 4. The van der Waals surface area contributed by atoms with Gasteiger partial charge >= 0.3 is 5.97 Å². The summed E-state index contributed by atoms with van der Waals surface area (Å²) in [5.74, 6) is -3.59. The third-order valence-corrected chi connectivity index (χ3v) is 2.27. The van der Waals surface area contributed by atoms with E-state index in [9.17, 15) is 18.8 Å². The highest BCUT2D eigenvalue weighted by Gasteiger charge is 2.21. The second kappa shape index (κ2) is 6.43. The fourth-order valence-corrected chi connectivity index (χ4v) is 1.33. The maximum atomic E-state index is 12.8. The second-order valence-electron chi connectivity index (χ2n) is 3.74. The number of nitrogens with one attached hydrogen (secondary N) is 1. The molecule has 0 aliphatic carbocycles. The molecule has 0 aliphatic heterocycles. The van der Waals surface area contributed by atoms with Crippen LogP contribution in [0.5, 0.6) is 0 Å². The number of amides is 2. The minimum absolute atomic E-state index is 0.0576. The first-order valence-electron chi connectivity index (χ1n) is 5.33. The SMILES string of the molecule is NC(=O)CC[C@H](NC(=O)c1ccnc(F)c1)C(=O)O. The maximum absolute atomic E-state index is 12.8. The number of aromatic nitrogens is 1. The molecule has 8 heteroatoms. The fourth-order valence-electron chi connectivity index (χ4n) is 1.33. The zero-order chi connectivity index (χ0) is 14.4. The number of nitrogens with zero attached hydrogens (tertiary/aromatic N) is 1. The first-order chi connectivity index (χ1) is 8.90. The highest BCUT2D eigenvalue weighted by molar-refractivity contribution is 5.96. The van der Waals surface area contributed by atoms with E-state index < -0.39 is 29.8 Å². The van der Waals surface area contributed by atoms with Crippen LogP contribution < -0.4 is 11.1 Å². The molecule has 1 rings (SSSR count). The van der Waals surface area contributed by atoms with Crippen molar-refractivity contribution in [3.8, 4) is 0 Å². The fraction of sp³-hybridized carbons (Fsp3) is 0.273.